The maximum Gasteiger partial charge on any atom is 0.418 e. The average Bonchev–Trinajstić information content (AvgIpc) is 2.41. The molecular formula is C14H9BrF3NO2. The van der Waals surface area contributed by atoms with Crippen molar-refractivity contribution in [1.82, 2.24) is 0 Å². The van der Waals surface area contributed by atoms with Gasteiger partial charge in [0.1, 0.15) is 5.75 Å². The van der Waals surface area contributed by atoms with Gasteiger partial charge in [0.25, 0.3) is 5.91 Å². The van der Waals surface area contributed by atoms with E-state index in [0.29, 0.717) is 4.47 Å². The van der Waals surface area contributed by atoms with Gasteiger partial charge in [-0.25, -0.2) is 0 Å². The van der Waals surface area contributed by atoms with Gasteiger partial charge in [-0.1, -0.05) is 28.1 Å². The zero-order chi connectivity index (χ0) is 15.6. The number of carbonyl (C=O) groups is 1. The lowest BCUT2D eigenvalue weighted by molar-refractivity contribution is -0.136. The number of halogens is 4. The maximum absolute atomic E-state index is 12.8. The van der Waals surface area contributed by atoms with Gasteiger partial charge >= 0.3 is 6.18 Å². The fourth-order valence-corrected chi connectivity index (χ4v) is 2.08. The van der Waals surface area contributed by atoms with E-state index in [1.54, 1.807) is 0 Å². The highest BCUT2D eigenvalue weighted by molar-refractivity contribution is 9.10. The molecule has 3 nitrogen and oxygen atoms in total. The summed E-state index contributed by atoms with van der Waals surface area (Å²) < 4.78 is 39.0. The van der Waals surface area contributed by atoms with E-state index in [4.69, 9.17) is 0 Å². The number of phenolic OH excluding ortho intramolecular Hbond substituents is 1. The molecule has 0 atom stereocenters. The van der Waals surface area contributed by atoms with E-state index < -0.39 is 17.6 Å². The second-order valence-electron chi connectivity index (χ2n) is 4.16. The minimum absolute atomic E-state index is 0.124. The molecule has 0 bridgehead atoms. The number of nitrogens with one attached hydrogen (secondary N) is 1. The summed E-state index contributed by atoms with van der Waals surface area (Å²) in [4.78, 5) is 12.0. The Morgan fingerprint density at radius 1 is 1.14 bits per heavy atom. The van der Waals surface area contributed by atoms with Crippen molar-refractivity contribution in [2.75, 3.05) is 5.32 Å². The predicted octanol–water partition coefficient (Wildman–Crippen LogP) is 4.43. The molecule has 0 aliphatic rings. The lowest BCUT2D eigenvalue weighted by Crippen LogP contribution is -2.16. The van der Waals surface area contributed by atoms with Crippen LogP contribution in [0.2, 0.25) is 0 Å². The molecule has 0 aliphatic heterocycles. The van der Waals surface area contributed by atoms with Gasteiger partial charge in [0, 0.05) is 4.47 Å². The van der Waals surface area contributed by atoms with E-state index in [1.807, 2.05) is 0 Å². The van der Waals surface area contributed by atoms with Gasteiger partial charge in [-0.3, -0.25) is 4.79 Å². The molecule has 0 spiro atoms. The zero-order valence-corrected chi connectivity index (χ0v) is 12.0. The molecule has 2 aromatic carbocycles. The monoisotopic (exact) mass is 359 g/mol. The maximum atomic E-state index is 12.8. The Hall–Kier alpha value is -2.02. The number of aromatic hydroxyl groups is 1. The summed E-state index contributed by atoms with van der Waals surface area (Å²) in [6, 6.07) is 8.73. The number of anilines is 1. The summed E-state index contributed by atoms with van der Waals surface area (Å²) in [6.07, 6.45) is -4.58. The number of alkyl halides is 3. The second-order valence-corrected chi connectivity index (χ2v) is 5.07. The minimum atomic E-state index is -4.58. The Morgan fingerprint density at radius 3 is 2.48 bits per heavy atom. The molecule has 0 radical (unpaired) electrons. The van der Waals surface area contributed by atoms with Crippen LogP contribution in [0, 0.1) is 0 Å². The first-order valence-corrected chi connectivity index (χ1v) is 6.54. The fraction of sp³-hybridized carbons (Fsp3) is 0.0714. The molecule has 2 N–H and O–H groups in total. The van der Waals surface area contributed by atoms with Crippen molar-refractivity contribution >= 4 is 27.5 Å². The quantitative estimate of drug-likeness (QED) is 0.833. The molecule has 21 heavy (non-hydrogen) atoms. The highest BCUT2D eigenvalue weighted by atomic mass is 79.9. The Balaban J connectivity index is 2.35. The normalized spacial score (nSPS) is 11.2. The Morgan fingerprint density at radius 2 is 1.81 bits per heavy atom. The fourth-order valence-electron chi connectivity index (χ4n) is 1.72. The number of para-hydroxylation sites is 1. The molecule has 2 aromatic rings. The summed E-state index contributed by atoms with van der Waals surface area (Å²) in [5, 5.41) is 11.8. The lowest BCUT2D eigenvalue weighted by Gasteiger charge is -2.14. The van der Waals surface area contributed by atoms with Crippen molar-refractivity contribution in [2.24, 2.45) is 0 Å². The third-order valence-electron chi connectivity index (χ3n) is 2.68. The van der Waals surface area contributed by atoms with Crippen LogP contribution < -0.4 is 5.32 Å². The van der Waals surface area contributed by atoms with E-state index >= 15 is 0 Å². The standard InChI is InChI=1S/C14H9BrF3NO2/c15-8-5-6-12(20)9(7-8)13(21)19-11-4-2-1-3-10(11)14(16,17)18/h1-7,20H,(H,19,21). The summed E-state index contributed by atoms with van der Waals surface area (Å²) >= 11 is 3.13. The van der Waals surface area contributed by atoms with Crippen LogP contribution in [0.25, 0.3) is 0 Å². The van der Waals surface area contributed by atoms with Crippen molar-refractivity contribution < 1.29 is 23.1 Å². The van der Waals surface area contributed by atoms with E-state index in [1.165, 1.54) is 30.3 Å². The molecule has 7 heteroatoms. The van der Waals surface area contributed by atoms with Crippen molar-refractivity contribution in [3.8, 4) is 5.75 Å². The molecule has 0 fully saturated rings. The largest absolute Gasteiger partial charge is 0.507 e. The van der Waals surface area contributed by atoms with Crippen LogP contribution >= 0.6 is 15.9 Å². The van der Waals surface area contributed by atoms with Crippen LogP contribution in [0.5, 0.6) is 5.75 Å². The van der Waals surface area contributed by atoms with Gasteiger partial charge < -0.3 is 10.4 Å². The number of hydrogen-bond donors (Lipinski definition) is 2. The van der Waals surface area contributed by atoms with Crippen molar-refractivity contribution in [3.63, 3.8) is 0 Å². The van der Waals surface area contributed by atoms with Gasteiger partial charge in [-0.2, -0.15) is 13.2 Å². The van der Waals surface area contributed by atoms with Crippen molar-refractivity contribution in [3.05, 3.63) is 58.1 Å². The molecule has 0 unspecified atom stereocenters. The summed E-state index contributed by atoms with van der Waals surface area (Å²) in [5.41, 5.74) is -1.44. The third-order valence-corrected chi connectivity index (χ3v) is 3.18. The number of amides is 1. The smallest absolute Gasteiger partial charge is 0.418 e. The summed E-state index contributed by atoms with van der Waals surface area (Å²) in [5.74, 6) is -1.15. The van der Waals surface area contributed by atoms with Crippen LogP contribution in [0.1, 0.15) is 15.9 Å². The molecule has 0 aromatic heterocycles. The van der Waals surface area contributed by atoms with E-state index in [-0.39, 0.29) is 17.0 Å². The second kappa shape index (κ2) is 5.77. The molecule has 0 saturated carbocycles. The molecule has 0 saturated heterocycles. The van der Waals surface area contributed by atoms with Gasteiger partial charge in [0.15, 0.2) is 0 Å². The van der Waals surface area contributed by atoms with Crippen molar-refractivity contribution in [2.45, 2.75) is 6.18 Å². The van der Waals surface area contributed by atoms with Crippen LogP contribution in [0.15, 0.2) is 46.9 Å². The van der Waals surface area contributed by atoms with Crippen LogP contribution in [-0.4, -0.2) is 11.0 Å². The summed E-state index contributed by atoms with van der Waals surface area (Å²) in [7, 11) is 0. The van der Waals surface area contributed by atoms with Gasteiger partial charge in [-0.05, 0) is 30.3 Å². The molecule has 0 heterocycles. The van der Waals surface area contributed by atoms with Crippen molar-refractivity contribution in [1.29, 1.82) is 0 Å². The van der Waals surface area contributed by atoms with Gasteiger partial charge in [0.2, 0.25) is 0 Å². The Kier molecular flexibility index (Phi) is 4.22. The van der Waals surface area contributed by atoms with E-state index in [0.717, 1.165) is 12.1 Å². The first kappa shape index (κ1) is 15.4. The number of rotatable bonds is 2. The Bertz CT molecular complexity index is 686. The van der Waals surface area contributed by atoms with Crippen LogP contribution in [0.4, 0.5) is 18.9 Å². The highest BCUT2D eigenvalue weighted by Gasteiger charge is 2.33. The lowest BCUT2D eigenvalue weighted by atomic mass is 10.1. The van der Waals surface area contributed by atoms with E-state index in [2.05, 4.69) is 21.2 Å². The number of hydrogen-bond acceptors (Lipinski definition) is 2. The predicted molar refractivity (Wildman–Crippen MR) is 75.2 cm³/mol. The minimum Gasteiger partial charge on any atom is -0.507 e. The van der Waals surface area contributed by atoms with Gasteiger partial charge in [0.05, 0.1) is 16.8 Å². The van der Waals surface area contributed by atoms with Crippen LogP contribution in [-0.2, 0) is 6.18 Å². The van der Waals surface area contributed by atoms with Crippen LogP contribution in [0.3, 0.4) is 0 Å². The molecule has 110 valence electrons. The first-order chi connectivity index (χ1) is 9.79. The zero-order valence-electron chi connectivity index (χ0n) is 10.4. The topological polar surface area (TPSA) is 49.3 Å². The highest BCUT2D eigenvalue weighted by Crippen LogP contribution is 2.35. The SMILES string of the molecule is O=C(Nc1ccccc1C(F)(F)F)c1cc(Br)ccc1O. The molecule has 0 aliphatic carbocycles. The Labute approximate surface area is 126 Å². The first-order valence-electron chi connectivity index (χ1n) is 5.75. The molecular weight excluding hydrogens is 351 g/mol. The van der Waals surface area contributed by atoms with E-state index in [9.17, 15) is 23.1 Å². The average molecular weight is 360 g/mol. The number of benzene rings is 2. The third kappa shape index (κ3) is 3.55. The summed E-state index contributed by atoms with van der Waals surface area (Å²) in [6.45, 7) is 0. The molecule has 1 amide bonds. The van der Waals surface area contributed by atoms with Gasteiger partial charge in [-0.15, -0.1) is 0 Å². The molecule has 2 rings (SSSR count). The number of carbonyl (C=O) groups excluding carboxylic acids is 1. The number of phenols is 1.